The number of hydrogen-bond acceptors (Lipinski definition) is 3. The normalized spacial score (nSPS) is 12.5. The average molecular weight is 269 g/mol. The summed E-state index contributed by atoms with van der Waals surface area (Å²) in [6, 6.07) is 12.4. The second-order valence-electron chi connectivity index (χ2n) is 4.97. The third-order valence-corrected chi connectivity index (χ3v) is 3.67. The highest BCUT2D eigenvalue weighted by molar-refractivity contribution is 5.58. The maximum Gasteiger partial charge on any atom is 0.231 e. The van der Waals surface area contributed by atoms with E-state index in [-0.39, 0.29) is 0 Å². The van der Waals surface area contributed by atoms with Gasteiger partial charge in [0.15, 0.2) is 11.5 Å². The van der Waals surface area contributed by atoms with Crippen LogP contribution >= 0.6 is 0 Å². The number of para-hydroxylation sites is 2. The Balaban J connectivity index is 1.83. The summed E-state index contributed by atoms with van der Waals surface area (Å²) in [4.78, 5) is 0. The highest BCUT2D eigenvalue weighted by Crippen LogP contribution is 2.35. The molecule has 2 aromatic carbocycles. The predicted octanol–water partition coefficient (Wildman–Crippen LogP) is 3.90. The van der Waals surface area contributed by atoms with E-state index in [1.807, 2.05) is 12.1 Å². The Labute approximate surface area is 119 Å². The van der Waals surface area contributed by atoms with Gasteiger partial charge in [-0.3, -0.25) is 0 Å². The standard InChI is InChI=1S/C17H19NO2/c1-3-13-7-4-6-12(2)16(13)18-10-14-8-5-9-15-17(14)20-11-19-15/h4-9,18H,3,10-11H2,1-2H3. The van der Waals surface area contributed by atoms with Crippen molar-refractivity contribution in [2.45, 2.75) is 26.8 Å². The molecule has 0 bridgehead atoms. The van der Waals surface area contributed by atoms with Crippen molar-refractivity contribution in [3.8, 4) is 11.5 Å². The Bertz CT molecular complexity index is 622. The molecule has 1 heterocycles. The predicted molar refractivity (Wildman–Crippen MR) is 80.4 cm³/mol. The lowest BCUT2D eigenvalue weighted by Crippen LogP contribution is -2.05. The maximum atomic E-state index is 5.54. The van der Waals surface area contributed by atoms with E-state index in [1.54, 1.807) is 0 Å². The summed E-state index contributed by atoms with van der Waals surface area (Å²) in [5.41, 5.74) is 4.97. The van der Waals surface area contributed by atoms with E-state index < -0.39 is 0 Å². The SMILES string of the molecule is CCc1cccc(C)c1NCc1cccc2c1OCO2. The Kier molecular flexibility index (Phi) is 3.50. The van der Waals surface area contributed by atoms with Crippen molar-refractivity contribution in [2.24, 2.45) is 0 Å². The van der Waals surface area contributed by atoms with Crippen molar-refractivity contribution in [2.75, 3.05) is 12.1 Å². The van der Waals surface area contributed by atoms with Crippen LogP contribution in [0.15, 0.2) is 36.4 Å². The van der Waals surface area contributed by atoms with Gasteiger partial charge < -0.3 is 14.8 Å². The number of nitrogens with one attached hydrogen (secondary N) is 1. The molecular formula is C17H19NO2. The molecule has 104 valence electrons. The molecule has 20 heavy (non-hydrogen) atoms. The summed E-state index contributed by atoms with van der Waals surface area (Å²) >= 11 is 0. The minimum absolute atomic E-state index is 0.316. The maximum absolute atomic E-state index is 5.54. The highest BCUT2D eigenvalue weighted by Gasteiger charge is 2.17. The van der Waals surface area contributed by atoms with Gasteiger partial charge in [0.2, 0.25) is 6.79 Å². The third kappa shape index (κ3) is 2.31. The summed E-state index contributed by atoms with van der Waals surface area (Å²) in [7, 11) is 0. The number of fused-ring (bicyclic) bond motifs is 1. The van der Waals surface area contributed by atoms with Gasteiger partial charge >= 0.3 is 0 Å². The van der Waals surface area contributed by atoms with Crippen LogP contribution in [-0.2, 0) is 13.0 Å². The number of rotatable bonds is 4. The largest absolute Gasteiger partial charge is 0.454 e. The van der Waals surface area contributed by atoms with Gasteiger partial charge in [-0.05, 0) is 30.5 Å². The summed E-state index contributed by atoms with van der Waals surface area (Å²) in [5.74, 6) is 1.71. The molecule has 0 spiro atoms. The Morgan fingerprint density at radius 1 is 1.05 bits per heavy atom. The van der Waals surface area contributed by atoms with E-state index in [4.69, 9.17) is 9.47 Å². The van der Waals surface area contributed by atoms with Gasteiger partial charge in [0.25, 0.3) is 0 Å². The van der Waals surface area contributed by atoms with Crippen molar-refractivity contribution in [1.29, 1.82) is 0 Å². The molecule has 0 atom stereocenters. The fourth-order valence-corrected chi connectivity index (χ4v) is 2.59. The van der Waals surface area contributed by atoms with Crippen LogP contribution in [0.5, 0.6) is 11.5 Å². The molecule has 3 rings (SSSR count). The van der Waals surface area contributed by atoms with Gasteiger partial charge in [0.05, 0.1) is 0 Å². The van der Waals surface area contributed by atoms with E-state index in [1.165, 1.54) is 16.8 Å². The minimum atomic E-state index is 0.316. The van der Waals surface area contributed by atoms with E-state index in [2.05, 4.69) is 43.4 Å². The Morgan fingerprint density at radius 3 is 2.70 bits per heavy atom. The molecule has 0 aromatic heterocycles. The van der Waals surface area contributed by atoms with Crippen LogP contribution < -0.4 is 14.8 Å². The number of ether oxygens (including phenoxy) is 2. The molecule has 1 aliphatic heterocycles. The van der Waals surface area contributed by atoms with Crippen LogP contribution in [0.4, 0.5) is 5.69 Å². The highest BCUT2D eigenvalue weighted by atomic mass is 16.7. The molecular weight excluding hydrogens is 250 g/mol. The molecule has 0 fully saturated rings. The lowest BCUT2D eigenvalue weighted by Gasteiger charge is -2.14. The van der Waals surface area contributed by atoms with Gasteiger partial charge in [-0.15, -0.1) is 0 Å². The monoisotopic (exact) mass is 269 g/mol. The van der Waals surface area contributed by atoms with Crippen LogP contribution in [0, 0.1) is 6.92 Å². The molecule has 2 aromatic rings. The molecule has 3 heteroatoms. The minimum Gasteiger partial charge on any atom is -0.454 e. The van der Waals surface area contributed by atoms with Crippen molar-refractivity contribution < 1.29 is 9.47 Å². The van der Waals surface area contributed by atoms with Crippen molar-refractivity contribution in [1.82, 2.24) is 0 Å². The van der Waals surface area contributed by atoms with Gasteiger partial charge in [-0.2, -0.15) is 0 Å². The first-order valence-corrected chi connectivity index (χ1v) is 6.99. The summed E-state index contributed by atoms with van der Waals surface area (Å²) in [6.45, 7) is 5.37. The zero-order valence-corrected chi connectivity index (χ0v) is 11.9. The molecule has 0 unspecified atom stereocenters. The molecule has 0 saturated heterocycles. The van der Waals surface area contributed by atoms with Gasteiger partial charge in [0.1, 0.15) is 0 Å². The van der Waals surface area contributed by atoms with Crippen molar-refractivity contribution in [3.05, 3.63) is 53.1 Å². The second kappa shape index (κ2) is 5.45. The zero-order valence-electron chi connectivity index (χ0n) is 11.9. The number of aryl methyl sites for hydroxylation is 2. The quantitative estimate of drug-likeness (QED) is 0.913. The van der Waals surface area contributed by atoms with E-state index in [0.717, 1.165) is 30.0 Å². The van der Waals surface area contributed by atoms with Crippen LogP contribution in [0.25, 0.3) is 0 Å². The molecule has 1 aliphatic rings. The van der Waals surface area contributed by atoms with E-state index in [9.17, 15) is 0 Å². The fourth-order valence-electron chi connectivity index (χ4n) is 2.59. The molecule has 1 N–H and O–H groups in total. The first-order chi connectivity index (χ1) is 9.79. The van der Waals surface area contributed by atoms with E-state index >= 15 is 0 Å². The molecule has 0 saturated carbocycles. The van der Waals surface area contributed by atoms with Crippen molar-refractivity contribution >= 4 is 5.69 Å². The molecule has 3 nitrogen and oxygen atoms in total. The Morgan fingerprint density at radius 2 is 1.85 bits per heavy atom. The smallest absolute Gasteiger partial charge is 0.231 e. The van der Waals surface area contributed by atoms with E-state index in [0.29, 0.717) is 6.79 Å². The zero-order chi connectivity index (χ0) is 13.9. The summed E-state index contributed by atoms with van der Waals surface area (Å²) < 4.78 is 11.0. The van der Waals surface area contributed by atoms with Crippen LogP contribution in [0.2, 0.25) is 0 Å². The molecule has 0 amide bonds. The van der Waals surface area contributed by atoms with Gasteiger partial charge in [0, 0.05) is 17.8 Å². The van der Waals surface area contributed by atoms with Crippen LogP contribution in [-0.4, -0.2) is 6.79 Å². The fraction of sp³-hybridized carbons (Fsp3) is 0.294. The van der Waals surface area contributed by atoms with Crippen LogP contribution in [0.3, 0.4) is 0 Å². The van der Waals surface area contributed by atoms with Crippen molar-refractivity contribution in [3.63, 3.8) is 0 Å². The number of hydrogen-bond donors (Lipinski definition) is 1. The summed E-state index contributed by atoms with van der Waals surface area (Å²) in [5, 5.41) is 3.54. The number of benzene rings is 2. The summed E-state index contributed by atoms with van der Waals surface area (Å²) in [6.07, 6.45) is 1.02. The third-order valence-electron chi connectivity index (χ3n) is 3.67. The first-order valence-electron chi connectivity index (χ1n) is 6.99. The lowest BCUT2D eigenvalue weighted by atomic mass is 10.1. The molecule has 0 aliphatic carbocycles. The lowest BCUT2D eigenvalue weighted by molar-refractivity contribution is 0.173. The molecule has 0 radical (unpaired) electrons. The van der Waals surface area contributed by atoms with Crippen LogP contribution in [0.1, 0.15) is 23.6 Å². The van der Waals surface area contributed by atoms with Gasteiger partial charge in [-0.1, -0.05) is 37.3 Å². The topological polar surface area (TPSA) is 30.5 Å². The van der Waals surface area contributed by atoms with Gasteiger partial charge in [-0.25, -0.2) is 0 Å². The Hall–Kier alpha value is -2.16. The average Bonchev–Trinajstić information content (AvgIpc) is 2.94. The second-order valence-corrected chi connectivity index (χ2v) is 4.97. The first kappa shape index (κ1) is 12.9. The number of anilines is 1.